The number of nitrogens with one attached hydrogen (secondary N) is 1. The molecule has 1 aromatic rings. The third-order valence-corrected chi connectivity index (χ3v) is 3.85. The zero-order valence-corrected chi connectivity index (χ0v) is 10.4. The molecule has 0 saturated heterocycles. The quantitative estimate of drug-likeness (QED) is 0.901. The highest BCUT2D eigenvalue weighted by atomic mass is 79.9. The van der Waals surface area contributed by atoms with Gasteiger partial charge in [0.15, 0.2) is 0 Å². The number of aromatic nitrogens is 2. The maximum atomic E-state index is 4.26. The molecule has 78 valence electrons. The van der Waals surface area contributed by atoms with Crippen LogP contribution in [0.25, 0.3) is 0 Å². The van der Waals surface area contributed by atoms with Crippen LogP contribution in [-0.2, 0) is 7.05 Å². The van der Waals surface area contributed by atoms with Crippen LogP contribution in [0.3, 0.4) is 0 Å². The van der Waals surface area contributed by atoms with Gasteiger partial charge < -0.3 is 5.32 Å². The summed E-state index contributed by atoms with van der Waals surface area (Å²) in [5.41, 5.74) is 1.68. The Morgan fingerprint density at radius 2 is 2.29 bits per heavy atom. The number of hydrogen-bond donors (Lipinski definition) is 1. The van der Waals surface area contributed by atoms with Crippen molar-refractivity contribution < 1.29 is 0 Å². The normalized spacial score (nSPS) is 20.9. The number of rotatable bonds is 3. The summed E-state index contributed by atoms with van der Waals surface area (Å²) in [6, 6.07) is 0.407. The molecular weight excluding hydrogens is 242 g/mol. The summed E-state index contributed by atoms with van der Waals surface area (Å²) in [6.07, 6.45) is 4.47. The van der Waals surface area contributed by atoms with Crippen molar-refractivity contribution >= 4 is 15.9 Å². The summed E-state index contributed by atoms with van der Waals surface area (Å²) in [5, 5.41) is 7.65. The standard InChI is InChI=1S/C10H16BrN3/c1-10(4-5-10)9(12-2)8-7(11)6-13-14(8)3/h6,9,12H,4-5H2,1-3H3. The van der Waals surface area contributed by atoms with Gasteiger partial charge in [-0.15, -0.1) is 0 Å². The molecule has 0 amide bonds. The Kier molecular flexibility index (Phi) is 2.43. The Labute approximate surface area is 93.0 Å². The lowest BCUT2D eigenvalue weighted by Gasteiger charge is -2.23. The molecule has 0 spiro atoms. The van der Waals surface area contributed by atoms with Crippen LogP contribution < -0.4 is 5.32 Å². The molecule has 1 heterocycles. The van der Waals surface area contributed by atoms with Crippen molar-refractivity contribution in [1.82, 2.24) is 15.1 Å². The van der Waals surface area contributed by atoms with E-state index in [0.717, 1.165) is 4.47 Å². The Bertz CT molecular complexity index is 322. The Hall–Kier alpha value is -0.350. The minimum Gasteiger partial charge on any atom is -0.311 e. The summed E-state index contributed by atoms with van der Waals surface area (Å²) in [4.78, 5) is 0. The molecule has 0 radical (unpaired) electrons. The summed E-state index contributed by atoms with van der Waals surface area (Å²) in [6.45, 7) is 2.33. The van der Waals surface area contributed by atoms with Crippen molar-refractivity contribution in [2.75, 3.05) is 7.05 Å². The summed E-state index contributed by atoms with van der Waals surface area (Å²) >= 11 is 3.56. The predicted octanol–water partition coefficient (Wildman–Crippen LogP) is 2.24. The molecule has 2 rings (SSSR count). The van der Waals surface area contributed by atoms with E-state index >= 15 is 0 Å². The minimum atomic E-state index is 0.407. The number of nitrogens with zero attached hydrogens (tertiary/aromatic N) is 2. The zero-order chi connectivity index (χ0) is 10.3. The average molecular weight is 258 g/mol. The molecule has 0 aliphatic heterocycles. The monoisotopic (exact) mass is 257 g/mol. The highest BCUT2D eigenvalue weighted by Gasteiger charge is 2.46. The summed E-state index contributed by atoms with van der Waals surface area (Å²) in [5.74, 6) is 0. The molecule has 1 unspecified atom stereocenters. The van der Waals surface area contributed by atoms with Crippen LogP contribution in [0.15, 0.2) is 10.7 Å². The van der Waals surface area contributed by atoms with E-state index in [0.29, 0.717) is 11.5 Å². The van der Waals surface area contributed by atoms with Gasteiger partial charge in [-0.05, 0) is 41.2 Å². The van der Waals surface area contributed by atoms with E-state index in [1.54, 1.807) is 0 Å². The number of aryl methyl sites for hydroxylation is 1. The Balaban J connectivity index is 2.36. The molecule has 1 aliphatic carbocycles. The fraction of sp³-hybridized carbons (Fsp3) is 0.700. The van der Waals surface area contributed by atoms with Gasteiger partial charge in [0.05, 0.1) is 22.4 Å². The molecule has 1 fully saturated rings. The van der Waals surface area contributed by atoms with E-state index in [1.807, 2.05) is 25.0 Å². The Morgan fingerprint density at radius 3 is 2.64 bits per heavy atom. The van der Waals surface area contributed by atoms with Crippen molar-refractivity contribution in [3.05, 3.63) is 16.4 Å². The first-order chi connectivity index (χ1) is 6.58. The summed E-state index contributed by atoms with van der Waals surface area (Å²) < 4.78 is 3.06. The van der Waals surface area contributed by atoms with Crippen molar-refractivity contribution in [3.63, 3.8) is 0 Å². The highest BCUT2D eigenvalue weighted by molar-refractivity contribution is 9.10. The van der Waals surface area contributed by atoms with Gasteiger partial charge in [-0.25, -0.2) is 0 Å². The average Bonchev–Trinajstić information content (AvgIpc) is 2.81. The second kappa shape index (κ2) is 3.35. The van der Waals surface area contributed by atoms with Gasteiger partial charge in [0.25, 0.3) is 0 Å². The van der Waals surface area contributed by atoms with Gasteiger partial charge in [-0.3, -0.25) is 4.68 Å². The lowest BCUT2D eigenvalue weighted by molar-refractivity contribution is 0.368. The van der Waals surface area contributed by atoms with Gasteiger partial charge in [-0.1, -0.05) is 6.92 Å². The fourth-order valence-corrected chi connectivity index (χ4v) is 2.62. The third kappa shape index (κ3) is 1.50. The van der Waals surface area contributed by atoms with Gasteiger partial charge in [-0.2, -0.15) is 5.10 Å². The van der Waals surface area contributed by atoms with E-state index in [1.165, 1.54) is 18.5 Å². The van der Waals surface area contributed by atoms with Crippen LogP contribution in [0, 0.1) is 5.41 Å². The molecule has 0 aromatic carbocycles. The van der Waals surface area contributed by atoms with Crippen molar-refractivity contribution in [2.45, 2.75) is 25.8 Å². The SMILES string of the molecule is CNC(c1c(Br)cnn1C)C1(C)CC1. The lowest BCUT2D eigenvalue weighted by atomic mass is 9.96. The molecule has 4 heteroatoms. The van der Waals surface area contributed by atoms with Crippen molar-refractivity contribution in [1.29, 1.82) is 0 Å². The van der Waals surface area contributed by atoms with Crippen LogP contribution in [-0.4, -0.2) is 16.8 Å². The highest BCUT2D eigenvalue weighted by Crippen LogP contribution is 2.54. The van der Waals surface area contributed by atoms with Crippen molar-refractivity contribution in [3.8, 4) is 0 Å². The molecule has 1 aliphatic rings. The first-order valence-corrected chi connectivity index (χ1v) is 5.72. The van der Waals surface area contributed by atoms with E-state index in [9.17, 15) is 0 Å². The van der Waals surface area contributed by atoms with E-state index in [2.05, 4.69) is 33.3 Å². The fourth-order valence-electron chi connectivity index (χ4n) is 2.05. The number of hydrogen-bond acceptors (Lipinski definition) is 2. The predicted molar refractivity (Wildman–Crippen MR) is 60.0 cm³/mol. The number of halogens is 1. The molecule has 3 nitrogen and oxygen atoms in total. The van der Waals surface area contributed by atoms with E-state index in [4.69, 9.17) is 0 Å². The maximum Gasteiger partial charge on any atom is 0.0697 e. The summed E-state index contributed by atoms with van der Waals surface area (Å²) in [7, 11) is 4.02. The second-order valence-corrected chi connectivity index (χ2v) is 5.23. The van der Waals surface area contributed by atoms with Gasteiger partial charge in [0.1, 0.15) is 0 Å². The third-order valence-electron chi connectivity index (χ3n) is 3.24. The molecule has 14 heavy (non-hydrogen) atoms. The van der Waals surface area contributed by atoms with Gasteiger partial charge in [0.2, 0.25) is 0 Å². The van der Waals surface area contributed by atoms with Crippen LogP contribution in [0.4, 0.5) is 0 Å². The smallest absolute Gasteiger partial charge is 0.0697 e. The zero-order valence-electron chi connectivity index (χ0n) is 8.84. The second-order valence-electron chi connectivity index (χ2n) is 4.38. The maximum absolute atomic E-state index is 4.26. The molecule has 0 bridgehead atoms. The first-order valence-electron chi connectivity index (χ1n) is 4.93. The van der Waals surface area contributed by atoms with Gasteiger partial charge in [0, 0.05) is 7.05 Å². The largest absolute Gasteiger partial charge is 0.311 e. The lowest BCUT2D eigenvalue weighted by Crippen LogP contribution is -2.27. The van der Waals surface area contributed by atoms with Crippen LogP contribution >= 0.6 is 15.9 Å². The molecule has 1 saturated carbocycles. The van der Waals surface area contributed by atoms with E-state index in [-0.39, 0.29) is 0 Å². The minimum absolute atomic E-state index is 0.407. The van der Waals surface area contributed by atoms with Crippen molar-refractivity contribution in [2.24, 2.45) is 12.5 Å². The van der Waals surface area contributed by atoms with Gasteiger partial charge >= 0.3 is 0 Å². The molecule has 1 aromatic heterocycles. The van der Waals surface area contributed by atoms with Crippen LogP contribution in [0.5, 0.6) is 0 Å². The van der Waals surface area contributed by atoms with E-state index < -0.39 is 0 Å². The topological polar surface area (TPSA) is 29.9 Å². The van der Waals surface area contributed by atoms with Crippen LogP contribution in [0.2, 0.25) is 0 Å². The first kappa shape index (κ1) is 10.2. The molecule has 1 N–H and O–H groups in total. The van der Waals surface area contributed by atoms with Crippen LogP contribution in [0.1, 0.15) is 31.5 Å². The molecular formula is C10H16BrN3. The Morgan fingerprint density at radius 1 is 1.64 bits per heavy atom. The molecule has 1 atom stereocenters.